The minimum Gasteiger partial charge on any atom is -0.200 e. The Kier molecular flexibility index (Phi) is 3.21. The maximum atomic E-state index is 12.3. The third kappa shape index (κ3) is 2.40. The Bertz CT molecular complexity index is 719. The molecule has 0 spiro atoms. The fourth-order valence-electron chi connectivity index (χ4n) is 2.32. The van der Waals surface area contributed by atoms with Gasteiger partial charge in [-0.2, -0.15) is 13.2 Å². The van der Waals surface area contributed by atoms with Gasteiger partial charge in [-0.05, 0) is 50.0 Å². The Morgan fingerprint density at radius 3 is 2.60 bits per heavy atom. The molecule has 6 nitrogen and oxygen atoms in total. The number of nitrogens with one attached hydrogen (secondary N) is 1. The third-order valence-electron chi connectivity index (χ3n) is 3.46. The van der Waals surface area contributed by atoms with E-state index in [-0.39, 0.29) is 4.90 Å². The van der Waals surface area contributed by atoms with Gasteiger partial charge >= 0.3 is 0 Å². The standard InChI is InChI=1S/C13H16N4O2S/c1-10-6-8-11(9-7-10)20(18,19)16-17-13-5-3-2-4-12(13)14-15-17/h6-9,16H,2-5H2,1H3. The summed E-state index contributed by atoms with van der Waals surface area (Å²) >= 11 is 0. The van der Waals surface area contributed by atoms with Crippen molar-refractivity contribution in [1.29, 1.82) is 0 Å². The molecule has 1 aromatic carbocycles. The first-order chi connectivity index (χ1) is 9.56. The van der Waals surface area contributed by atoms with Crippen molar-refractivity contribution in [2.24, 2.45) is 0 Å². The molecule has 0 saturated heterocycles. The fraction of sp³-hybridized carbons (Fsp3) is 0.385. The molecule has 20 heavy (non-hydrogen) atoms. The highest BCUT2D eigenvalue weighted by atomic mass is 32.2. The molecule has 0 bridgehead atoms. The van der Waals surface area contributed by atoms with Crippen LogP contribution in [0.2, 0.25) is 0 Å². The highest BCUT2D eigenvalue weighted by Crippen LogP contribution is 2.19. The van der Waals surface area contributed by atoms with Gasteiger partial charge in [-0.15, -0.1) is 9.89 Å². The maximum Gasteiger partial charge on any atom is 0.276 e. The molecular formula is C13H16N4O2S. The summed E-state index contributed by atoms with van der Waals surface area (Å²) in [5.41, 5.74) is 2.77. The molecule has 0 radical (unpaired) electrons. The van der Waals surface area contributed by atoms with Gasteiger partial charge in [-0.25, -0.2) is 0 Å². The number of sulfonamides is 1. The van der Waals surface area contributed by atoms with Crippen LogP contribution in [0.15, 0.2) is 29.2 Å². The van der Waals surface area contributed by atoms with Gasteiger partial charge in [0.25, 0.3) is 10.0 Å². The van der Waals surface area contributed by atoms with E-state index in [2.05, 4.69) is 15.1 Å². The van der Waals surface area contributed by atoms with Gasteiger partial charge < -0.3 is 0 Å². The topological polar surface area (TPSA) is 76.9 Å². The van der Waals surface area contributed by atoms with Crippen LogP contribution in [-0.2, 0) is 22.9 Å². The Morgan fingerprint density at radius 2 is 1.85 bits per heavy atom. The Balaban J connectivity index is 1.90. The Hall–Kier alpha value is -1.89. The van der Waals surface area contributed by atoms with Crippen LogP contribution in [0.3, 0.4) is 0 Å². The van der Waals surface area contributed by atoms with Crippen LogP contribution in [0, 0.1) is 6.92 Å². The number of fused-ring (bicyclic) bond motifs is 1. The predicted molar refractivity (Wildman–Crippen MR) is 74.4 cm³/mol. The molecule has 1 aliphatic carbocycles. The number of hydrogen-bond donors (Lipinski definition) is 1. The van der Waals surface area contributed by atoms with Crippen LogP contribution in [0.5, 0.6) is 0 Å². The van der Waals surface area contributed by atoms with Crippen molar-refractivity contribution in [3.8, 4) is 0 Å². The molecule has 1 N–H and O–H groups in total. The Morgan fingerprint density at radius 1 is 1.15 bits per heavy atom. The second-order valence-corrected chi connectivity index (χ2v) is 6.67. The van der Waals surface area contributed by atoms with Crippen LogP contribution in [-0.4, -0.2) is 23.5 Å². The zero-order valence-corrected chi connectivity index (χ0v) is 12.0. The molecule has 1 heterocycles. The van der Waals surface area contributed by atoms with Crippen LogP contribution in [0.1, 0.15) is 29.8 Å². The first kappa shape index (κ1) is 13.1. The highest BCUT2D eigenvalue weighted by Gasteiger charge is 2.21. The van der Waals surface area contributed by atoms with E-state index < -0.39 is 10.0 Å². The van der Waals surface area contributed by atoms with E-state index in [9.17, 15) is 8.42 Å². The highest BCUT2D eigenvalue weighted by molar-refractivity contribution is 7.92. The van der Waals surface area contributed by atoms with Gasteiger partial charge in [0, 0.05) is 0 Å². The van der Waals surface area contributed by atoms with Crippen molar-refractivity contribution < 1.29 is 8.42 Å². The lowest BCUT2D eigenvalue weighted by molar-refractivity contribution is 0.584. The summed E-state index contributed by atoms with van der Waals surface area (Å²) in [7, 11) is -3.62. The Labute approximate surface area is 117 Å². The largest absolute Gasteiger partial charge is 0.276 e. The smallest absolute Gasteiger partial charge is 0.200 e. The quantitative estimate of drug-likeness (QED) is 0.927. The molecule has 0 atom stereocenters. The van der Waals surface area contributed by atoms with Crippen molar-refractivity contribution >= 4 is 10.0 Å². The number of benzene rings is 1. The number of aromatic nitrogens is 3. The number of aryl methyl sites for hydroxylation is 2. The van der Waals surface area contributed by atoms with E-state index in [1.807, 2.05) is 6.92 Å². The predicted octanol–water partition coefficient (Wildman–Crippen LogP) is 1.40. The molecule has 0 saturated carbocycles. The van der Waals surface area contributed by atoms with Crippen molar-refractivity contribution in [2.75, 3.05) is 4.83 Å². The van der Waals surface area contributed by atoms with E-state index in [4.69, 9.17) is 0 Å². The zero-order chi connectivity index (χ0) is 14.2. The van der Waals surface area contributed by atoms with Crippen molar-refractivity contribution in [2.45, 2.75) is 37.5 Å². The van der Waals surface area contributed by atoms with E-state index in [1.54, 1.807) is 24.3 Å². The van der Waals surface area contributed by atoms with E-state index in [1.165, 1.54) is 4.79 Å². The molecule has 1 aliphatic rings. The second-order valence-electron chi connectivity index (χ2n) is 5.01. The van der Waals surface area contributed by atoms with E-state index in [0.29, 0.717) is 0 Å². The average molecular weight is 292 g/mol. The van der Waals surface area contributed by atoms with Crippen LogP contribution in [0.4, 0.5) is 0 Å². The molecule has 1 aromatic heterocycles. The molecule has 7 heteroatoms. The second kappa shape index (κ2) is 4.90. The summed E-state index contributed by atoms with van der Waals surface area (Å²) in [5, 5.41) is 7.94. The maximum absolute atomic E-state index is 12.3. The molecule has 0 unspecified atom stereocenters. The monoisotopic (exact) mass is 292 g/mol. The van der Waals surface area contributed by atoms with Gasteiger partial charge in [-0.3, -0.25) is 0 Å². The van der Waals surface area contributed by atoms with Gasteiger partial charge in [0.1, 0.15) is 0 Å². The zero-order valence-electron chi connectivity index (χ0n) is 11.2. The number of rotatable bonds is 3. The molecule has 0 fully saturated rings. The minimum atomic E-state index is -3.62. The molecule has 3 rings (SSSR count). The summed E-state index contributed by atoms with van der Waals surface area (Å²) in [4.78, 5) is 4.00. The summed E-state index contributed by atoms with van der Waals surface area (Å²) in [6.45, 7) is 1.91. The molecule has 0 amide bonds. The minimum absolute atomic E-state index is 0.225. The average Bonchev–Trinajstić information content (AvgIpc) is 2.82. The normalized spacial score (nSPS) is 14.8. The van der Waals surface area contributed by atoms with E-state index in [0.717, 1.165) is 42.6 Å². The SMILES string of the molecule is Cc1ccc(S(=O)(=O)Nn2nnc3c2CCCC3)cc1. The molecule has 0 aliphatic heterocycles. The third-order valence-corrected chi connectivity index (χ3v) is 4.76. The lowest BCUT2D eigenvalue weighted by Crippen LogP contribution is -2.26. The summed E-state index contributed by atoms with van der Waals surface area (Å²) in [5.74, 6) is 0. The first-order valence-corrected chi connectivity index (χ1v) is 8.07. The van der Waals surface area contributed by atoms with Crippen molar-refractivity contribution in [3.63, 3.8) is 0 Å². The lowest BCUT2D eigenvalue weighted by atomic mass is 10.0. The van der Waals surface area contributed by atoms with Crippen molar-refractivity contribution in [1.82, 2.24) is 15.1 Å². The summed E-state index contributed by atoms with van der Waals surface area (Å²) in [6, 6.07) is 6.71. The van der Waals surface area contributed by atoms with Gasteiger partial charge in [-0.1, -0.05) is 17.7 Å². The van der Waals surface area contributed by atoms with Gasteiger partial charge in [0.15, 0.2) is 0 Å². The summed E-state index contributed by atoms with van der Waals surface area (Å²) in [6.07, 6.45) is 3.78. The number of nitrogens with zero attached hydrogens (tertiary/aromatic N) is 3. The van der Waals surface area contributed by atoms with Crippen LogP contribution < -0.4 is 4.83 Å². The molecule has 106 valence electrons. The van der Waals surface area contributed by atoms with Gasteiger partial charge in [0.05, 0.1) is 16.3 Å². The fourth-order valence-corrected chi connectivity index (χ4v) is 3.29. The molecule has 2 aromatic rings. The van der Waals surface area contributed by atoms with Gasteiger partial charge in [0.2, 0.25) is 0 Å². The van der Waals surface area contributed by atoms with E-state index >= 15 is 0 Å². The number of hydrogen-bond acceptors (Lipinski definition) is 4. The first-order valence-electron chi connectivity index (χ1n) is 6.59. The lowest BCUT2D eigenvalue weighted by Gasteiger charge is -2.13. The summed E-state index contributed by atoms with van der Waals surface area (Å²) < 4.78 is 24.6. The van der Waals surface area contributed by atoms with Crippen LogP contribution in [0.25, 0.3) is 0 Å². The van der Waals surface area contributed by atoms with Crippen LogP contribution >= 0.6 is 0 Å². The molecular weight excluding hydrogens is 276 g/mol. The van der Waals surface area contributed by atoms with Crippen molar-refractivity contribution in [3.05, 3.63) is 41.2 Å².